The van der Waals surface area contributed by atoms with Gasteiger partial charge in [-0.2, -0.15) is 0 Å². The molecule has 0 saturated heterocycles. The Morgan fingerprint density at radius 2 is 2.35 bits per heavy atom. The van der Waals surface area contributed by atoms with Gasteiger partial charge in [0.05, 0.1) is 5.69 Å². The number of nitrogens with two attached hydrogens (primary N) is 1. The second-order valence-electron chi connectivity index (χ2n) is 3.29. The average molecular weight is 250 g/mol. The summed E-state index contributed by atoms with van der Waals surface area (Å²) in [5, 5.41) is 12.3. The van der Waals surface area contributed by atoms with E-state index in [2.05, 4.69) is 15.3 Å². The number of pyridine rings is 1. The molecule has 0 saturated carbocycles. The number of amides is 1. The van der Waals surface area contributed by atoms with Crippen molar-refractivity contribution in [3.63, 3.8) is 0 Å². The third-order valence-corrected chi connectivity index (χ3v) is 3.02. The lowest BCUT2D eigenvalue weighted by Gasteiger charge is -2.04. The van der Waals surface area contributed by atoms with Crippen molar-refractivity contribution < 1.29 is 9.90 Å². The summed E-state index contributed by atoms with van der Waals surface area (Å²) in [5.74, 6) is -0.356. The maximum atomic E-state index is 11.9. The van der Waals surface area contributed by atoms with Gasteiger partial charge in [0.15, 0.2) is 16.7 Å². The van der Waals surface area contributed by atoms with Crippen molar-refractivity contribution in [2.75, 3.05) is 11.1 Å². The number of nitrogen functional groups attached to an aromatic ring is 1. The maximum absolute atomic E-state index is 11.9. The van der Waals surface area contributed by atoms with Crippen LogP contribution >= 0.6 is 11.3 Å². The minimum atomic E-state index is -0.384. The van der Waals surface area contributed by atoms with Gasteiger partial charge in [-0.05, 0) is 19.1 Å². The SMILES string of the molecule is Cc1nc(N)sc1C(=O)Nc1ncccc1O. The second-order valence-corrected chi connectivity index (χ2v) is 4.32. The van der Waals surface area contributed by atoms with Gasteiger partial charge in [-0.1, -0.05) is 11.3 Å². The molecule has 0 aromatic carbocycles. The number of rotatable bonds is 2. The standard InChI is InChI=1S/C10H10N4O2S/c1-5-7(17-10(11)13-5)9(16)14-8-6(15)3-2-4-12-8/h2-4,15H,1H3,(H2,11,13)(H,12,14,16). The highest BCUT2D eigenvalue weighted by Gasteiger charge is 2.15. The van der Waals surface area contributed by atoms with Crippen molar-refractivity contribution >= 4 is 28.2 Å². The summed E-state index contributed by atoms with van der Waals surface area (Å²) >= 11 is 1.09. The van der Waals surface area contributed by atoms with Gasteiger partial charge < -0.3 is 16.2 Å². The Kier molecular flexibility index (Phi) is 2.92. The first-order chi connectivity index (χ1) is 8.08. The van der Waals surface area contributed by atoms with E-state index in [9.17, 15) is 9.90 Å². The normalized spacial score (nSPS) is 10.2. The first kappa shape index (κ1) is 11.3. The van der Waals surface area contributed by atoms with E-state index in [1.54, 1.807) is 13.0 Å². The quantitative estimate of drug-likeness (QED) is 0.747. The number of aromatic hydroxyl groups is 1. The summed E-state index contributed by atoms with van der Waals surface area (Å²) in [6, 6.07) is 3.01. The van der Waals surface area contributed by atoms with Crippen LogP contribution in [0.5, 0.6) is 5.75 Å². The monoisotopic (exact) mass is 250 g/mol. The number of aromatic nitrogens is 2. The number of nitrogens with zero attached hydrogens (tertiary/aromatic N) is 2. The molecule has 88 valence electrons. The minimum Gasteiger partial charge on any atom is -0.504 e. The van der Waals surface area contributed by atoms with Gasteiger partial charge in [-0.25, -0.2) is 9.97 Å². The fourth-order valence-electron chi connectivity index (χ4n) is 1.29. The molecule has 0 aliphatic carbocycles. The molecule has 0 fully saturated rings. The van der Waals surface area contributed by atoms with E-state index >= 15 is 0 Å². The molecule has 4 N–H and O–H groups in total. The molecule has 2 aromatic heterocycles. The molecule has 6 nitrogen and oxygen atoms in total. The zero-order valence-corrected chi connectivity index (χ0v) is 9.78. The highest BCUT2D eigenvalue weighted by molar-refractivity contribution is 7.17. The molecular formula is C10H10N4O2S. The smallest absolute Gasteiger partial charge is 0.268 e. The lowest BCUT2D eigenvalue weighted by molar-refractivity contribution is 0.102. The van der Waals surface area contributed by atoms with Crippen molar-refractivity contribution in [2.24, 2.45) is 0 Å². The molecule has 0 aliphatic rings. The van der Waals surface area contributed by atoms with Gasteiger partial charge in [-0.15, -0.1) is 0 Å². The van der Waals surface area contributed by atoms with Crippen LogP contribution in [0, 0.1) is 6.92 Å². The number of thiazole rings is 1. The Morgan fingerprint density at radius 3 is 2.94 bits per heavy atom. The number of carbonyl (C=O) groups is 1. The van der Waals surface area contributed by atoms with Gasteiger partial charge >= 0.3 is 0 Å². The van der Waals surface area contributed by atoms with Crippen LogP contribution in [0.4, 0.5) is 10.9 Å². The van der Waals surface area contributed by atoms with Crippen LogP contribution in [-0.2, 0) is 0 Å². The summed E-state index contributed by atoms with van der Waals surface area (Å²) in [5.41, 5.74) is 6.06. The van der Waals surface area contributed by atoms with Crippen LogP contribution in [0.25, 0.3) is 0 Å². The van der Waals surface area contributed by atoms with Crippen LogP contribution in [0.1, 0.15) is 15.4 Å². The fourth-order valence-corrected chi connectivity index (χ4v) is 2.01. The van der Waals surface area contributed by atoms with E-state index in [4.69, 9.17) is 5.73 Å². The average Bonchev–Trinajstić information content (AvgIpc) is 2.61. The van der Waals surface area contributed by atoms with Crippen LogP contribution < -0.4 is 11.1 Å². The van der Waals surface area contributed by atoms with Gasteiger partial charge in [0.25, 0.3) is 5.91 Å². The highest BCUT2D eigenvalue weighted by atomic mass is 32.1. The number of hydrogen-bond donors (Lipinski definition) is 3. The molecule has 2 heterocycles. The molecule has 2 aromatic rings. The molecule has 7 heteroatoms. The Balaban J connectivity index is 2.23. The zero-order chi connectivity index (χ0) is 12.4. The molecule has 0 radical (unpaired) electrons. The third kappa shape index (κ3) is 2.34. The summed E-state index contributed by atoms with van der Waals surface area (Å²) in [7, 11) is 0. The Hall–Kier alpha value is -2.15. The second kappa shape index (κ2) is 4.38. The van der Waals surface area contributed by atoms with Crippen LogP contribution in [0.15, 0.2) is 18.3 Å². The van der Waals surface area contributed by atoms with Crippen molar-refractivity contribution in [1.82, 2.24) is 9.97 Å². The number of carbonyl (C=O) groups excluding carboxylic acids is 1. The molecular weight excluding hydrogens is 240 g/mol. The minimum absolute atomic E-state index is 0.0870. The molecule has 0 atom stereocenters. The van der Waals surface area contributed by atoms with E-state index in [0.29, 0.717) is 15.7 Å². The zero-order valence-electron chi connectivity index (χ0n) is 8.97. The van der Waals surface area contributed by atoms with Crippen LogP contribution in [0.3, 0.4) is 0 Å². The van der Waals surface area contributed by atoms with E-state index in [0.717, 1.165) is 11.3 Å². The Bertz CT molecular complexity index is 567. The van der Waals surface area contributed by atoms with Crippen molar-refractivity contribution in [3.05, 3.63) is 28.9 Å². The Labute approximate surface area is 101 Å². The first-order valence-electron chi connectivity index (χ1n) is 4.76. The predicted molar refractivity (Wildman–Crippen MR) is 65.1 cm³/mol. The van der Waals surface area contributed by atoms with E-state index in [1.165, 1.54) is 12.3 Å². The van der Waals surface area contributed by atoms with Crippen molar-refractivity contribution in [1.29, 1.82) is 0 Å². The number of anilines is 2. The molecule has 0 aliphatic heterocycles. The Morgan fingerprint density at radius 1 is 1.59 bits per heavy atom. The maximum Gasteiger partial charge on any atom is 0.268 e. The topological polar surface area (TPSA) is 101 Å². The highest BCUT2D eigenvalue weighted by Crippen LogP contribution is 2.23. The van der Waals surface area contributed by atoms with Gasteiger partial charge in [0.1, 0.15) is 4.88 Å². The summed E-state index contributed by atoms with van der Waals surface area (Å²) in [6.07, 6.45) is 1.48. The van der Waals surface area contributed by atoms with Crippen molar-refractivity contribution in [3.8, 4) is 5.75 Å². The van der Waals surface area contributed by atoms with Gasteiger partial charge in [-0.3, -0.25) is 4.79 Å². The number of hydrogen-bond acceptors (Lipinski definition) is 6. The van der Waals surface area contributed by atoms with Crippen LogP contribution in [-0.4, -0.2) is 21.0 Å². The summed E-state index contributed by atoms with van der Waals surface area (Å²) in [4.78, 5) is 20.1. The lowest BCUT2D eigenvalue weighted by Crippen LogP contribution is -2.12. The predicted octanol–water partition coefficient (Wildman–Crippen LogP) is 1.39. The van der Waals surface area contributed by atoms with Crippen LogP contribution in [0.2, 0.25) is 0 Å². The third-order valence-electron chi connectivity index (χ3n) is 2.04. The number of nitrogens with one attached hydrogen (secondary N) is 1. The molecule has 17 heavy (non-hydrogen) atoms. The van der Waals surface area contributed by atoms with E-state index in [1.807, 2.05) is 0 Å². The number of aryl methyl sites for hydroxylation is 1. The van der Waals surface area contributed by atoms with Gasteiger partial charge in [0.2, 0.25) is 0 Å². The van der Waals surface area contributed by atoms with Gasteiger partial charge in [0, 0.05) is 6.20 Å². The van der Waals surface area contributed by atoms with E-state index < -0.39 is 0 Å². The molecule has 1 amide bonds. The molecule has 0 spiro atoms. The molecule has 0 unspecified atom stereocenters. The molecule has 0 bridgehead atoms. The largest absolute Gasteiger partial charge is 0.504 e. The lowest BCUT2D eigenvalue weighted by atomic mass is 10.3. The first-order valence-corrected chi connectivity index (χ1v) is 5.58. The summed E-state index contributed by atoms with van der Waals surface area (Å²) in [6.45, 7) is 1.69. The van der Waals surface area contributed by atoms with Crippen molar-refractivity contribution in [2.45, 2.75) is 6.92 Å². The van der Waals surface area contributed by atoms with E-state index in [-0.39, 0.29) is 17.5 Å². The summed E-state index contributed by atoms with van der Waals surface area (Å²) < 4.78 is 0. The fraction of sp³-hybridized carbons (Fsp3) is 0.100. The molecule has 2 rings (SSSR count).